The van der Waals surface area contributed by atoms with Crippen molar-refractivity contribution in [3.63, 3.8) is 0 Å². The van der Waals surface area contributed by atoms with E-state index >= 15 is 0 Å². The van der Waals surface area contributed by atoms with Crippen LogP contribution in [-0.4, -0.2) is 17.7 Å². The zero-order valence-electron chi connectivity index (χ0n) is 14.3. The van der Waals surface area contributed by atoms with Crippen molar-refractivity contribution in [1.82, 2.24) is 0 Å². The SMILES string of the molecule is C=CCCCCCCOc1ccc(C(=O)Oc2ccc(O)cc2)cc1. The van der Waals surface area contributed by atoms with Crippen molar-refractivity contribution >= 4 is 5.97 Å². The molecule has 4 nitrogen and oxygen atoms in total. The van der Waals surface area contributed by atoms with Gasteiger partial charge in [0.05, 0.1) is 12.2 Å². The van der Waals surface area contributed by atoms with Crippen LogP contribution in [0.1, 0.15) is 42.5 Å². The molecule has 0 unspecified atom stereocenters. The zero-order chi connectivity index (χ0) is 17.9. The molecule has 0 aromatic heterocycles. The van der Waals surface area contributed by atoms with E-state index in [1.807, 2.05) is 6.08 Å². The summed E-state index contributed by atoms with van der Waals surface area (Å²) < 4.78 is 10.9. The molecule has 0 atom stereocenters. The lowest BCUT2D eigenvalue weighted by atomic mass is 10.1. The van der Waals surface area contributed by atoms with E-state index in [1.54, 1.807) is 36.4 Å². The number of phenols is 1. The summed E-state index contributed by atoms with van der Waals surface area (Å²) in [7, 11) is 0. The normalized spacial score (nSPS) is 10.2. The number of benzene rings is 2. The highest BCUT2D eigenvalue weighted by molar-refractivity contribution is 5.91. The van der Waals surface area contributed by atoms with Crippen LogP contribution in [0.5, 0.6) is 17.2 Å². The number of rotatable bonds is 10. The fraction of sp³-hybridized carbons (Fsp3) is 0.286. The fourth-order valence-electron chi connectivity index (χ4n) is 2.30. The molecule has 1 N–H and O–H groups in total. The minimum atomic E-state index is -0.445. The number of aromatic hydroxyl groups is 1. The topological polar surface area (TPSA) is 55.8 Å². The second-order valence-corrected chi connectivity index (χ2v) is 5.75. The van der Waals surface area contributed by atoms with Gasteiger partial charge in [-0.2, -0.15) is 0 Å². The lowest BCUT2D eigenvalue weighted by molar-refractivity contribution is 0.0734. The van der Waals surface area contributed by atoms with Gasteiger partial charge in [0.15, 0.2) is 0 Å². The van der Waals surface area contributed by atoms with Gasteiger partial charge in [-0.15, -0.1) is 6.58 Å². The Kier molecular flexibility index (Phi) is 7.57. The van der Waals surface area contributed by atoms with Crippen LogP contribution in [0.15, 0.2) is 61.2 Å². The highest BCUT2D eigenvalue weighted by Gasteiger charge is 2.08. The van der Waals surface area contributed by atoms with E-state index in [1.165, 1.54) is 25.0 Å². The molecule has 0 saturated heterocycles. The van der Waals surface area contributed by atoms with E-state index in [9.17, 15) is 9.90 Å². The van der Waals surface area contributed by atoms with Crippen molar-refractivity contribution in [3.05, 3.63) is 66.7 Å². The maximum atomic E-state index is 12.1. The molecule has 2 aromatic rings. The lowest BCUT2D eigenvalue weighted by Gasteiger charge is -2.07. The fourth-order valence-corrected chi connectivity index (χ4v) is 2.30. The lowest BCUT2D eigenvalue weighted by Crippen LogP contribution is -2.08. The van der Waals surface area contributed by atoms with Crippen molar-refractivity contribution < 1.29 is 19.4 Å². The quantitative estimate of drug-likeness (QED) is 0.282. The predicted octanol–water partition coefficient (Wildman–Crippen LogP) is 5.13. The molecule has 0 aliphatic carbocycles. The van der Waals surface area contributed by atoms with Gasteiger partial charge >= 0.3 is 5.97 Å². The number of carbonyl (C=O) groups is 1. The number of phenolic OH excluding ortho intramolecular Hbond substituents is 1. The Balaban J connectivity index is 1.74. The van der Waals surface area contributed by atoms with Gasteiger partial charge in [0.2, 0.25) is 0 Å². The molecule has 0 aliphatic rings. The van der Waals surface area contributed by atoms with E-state index in [2.05, 4.69) is 6.58 Å². The van der Waals surface area contributed by atoms with Gasteiger partial charge in [-0.1, -0.05) is 18.9 Å². The maximum absolute atomic E-state index is 12.1. The molecule has 0 fully saturated rings. The molecule has 0 saturated carbocycles. The minimum Gasteiger partial charge on any atom is -0.508 e. The largest absolute Gasteiger partial charge is 0.508 e. The summed E-state index contributed by atoms with van der Waals surface area (Å²) in [6, 6.07) is 12.9. The number of hydrogen-bond donors (Lipinski definition) is 1. The van der Waals surface area contributed by atoms with E-state index in [4.69, 9.17) is 9.47 Å². The molecule has 25 heavy (non-hydrogen) atoms. The number of unbranched alkanes of at least 4 members (excludes halogenated alkanes) is 4. The summed E-state index contributed by atoms with van der Waals surface area (Å²) >= 11 is 0. The van der Waals surface area contributed by atoms with Crippen LogP contribution in [0.25, 0.3) is 0 Å². The Bertz CT molecular complexity index is 659. The van der Waals surface area contributed by atoms with Gasteiger partial charge in [0.25, 0.3) is 0 Å². The first-order valence-corrected chi connectivity index (χ1v) is 8.54. The third-order valence-electron chi connectivity index (χ3n) is 3.71. The van der Waals surface area contributed by atoms with Crippen molar-refractivity contribution in [3.8, 4) is 17.2 Å². The van der Waals surface area contributed by atoms with Crippen LogP contribution in [0.4, 0.5) is 0 Å². The summed E-state index contributed by atoms with van der Waals surface area (Å²) in [5.74, 6) is 0.813. The van der Waals surface area contributed by atoms with Crippen LogP contribution < -0.4 is 9.47 Å². The van der Waals surface area contributed by atoms with E-state index in [0.29, 0.717) is 17.9 Å². The smallest absolute Gasteiger partial charge is 0.343 e. The van der Waals surface area contributed by atoms with Crippen LogP contribution in [-0.2, 0) is 0 Å². The Morgan fingerprint density at radius 3 is 2.24 bits per heavy atom. The van der Waals surface area contributed by atoms with Crippen LogP contribution in [0.3, 0.4) is 0 Å². The molecular weight excluding hydrogens is 316 g/mol. The minimum absolute atomic E-state index is 0.127. The van der Waals surface area contributed by atoms with Crippen molar-refractivity contribution in [2.45, 2.75) is 32.1 Å². The first-order valence-electron chi connectivity index (χ1n) is 8.54. The van der Waals surface area contributed by atoms with Crippen molar-refractivity contribution in [2.24, 2.45) is 0 Å². The number of hydrogen-bond acceptors (Lipinski definition) is 4. The van der Waals surface area contributed by atoms with Crippen LogP contribution in [0.2, 0.25) is 0 Å². The van der Waals surface area contributed by atoms with Gasteiger partial charge in [-0.25, -0.2) is 4.79 Å². The summed E-state index contributed by atoms with van der Waals surface area (Å²) in [4.78, 5) is 12.1. The average Bonchev–Trinajstić information content (AvgIpc) is 2.63. The van der Waals surface area contributed by atoms with Crippen LogP contribution >= 0.6 is 0 Å². The monoisotopic (exact) mass is 340 g/mol. The molecule has 0 heterocycles. The zero-order valence-corrected chi connectivity index (χ0v) is 14.3. The Hall–Kier alpha value is -2.75. The highest BCUT2D eigenvalue weighted by atomic mass is 16.5. The molecule has 0 aliphatic heterocycles. The number of ether oxygens (including phenoxy) is 2. The number of esters is 1. The molecule has 0 amide bonds. The maximum Gasteiger partial charge on any atom is 0.343 e. The molecule has 0 bridgehead atoms. The van der Waals surface area contributed by atoms with Gasteiger partial charge in [-0.3, -0.25) is 0 Å². The predicted molar refractivity (Wildman–Crippen MR) is 98.3 cm³/mol. The van der Waals surface area contributed by atoms with Gasteiger partial charge in [-0.05, 0) is 67.8 Å². The van der Waals surface area contributed by atoms with Gasteiger partial charge in [0, 0.05) is 0 Å². The summed E-state index contributed by atoms with van der Waals surface area (Å²) in [6.45, 7) is 4.38. The third kappa shape index (κ3) is 6.71. The molecule has 2 rings (SSSR count). The molecule has 4 heteroatoms. The molecular formula is C21H24O4. The van der Waals surface area contributed by atoms with Gasteiger partial charge in [0.1, 0.15) is 17.2 Å². The van der Waals surface area contributed by atoms with E-state index in [0.717, 1.165) is 25.0 Å². The highest BCUT2D eigenvalue weighted by Crippen LogP contribution is 2.19. The van der Waals surface area contributed by atoms with Gasteiger partial charge < -0.3 is 14.6 Å². The number of carbonyl (C=O) groups excluding carboxylic acids is 1. The molecule has 2 aromatic carbocycles. The second-order valence-electron chi connectivity index (χ2n) is 5.75. The standard InChI is InChI=1S/C21H24O4/c1-2-3-4-5-6-7-16-24-19-12-8-17(9-13-19)21(23)25-20-14-10-18(22)11-15-20/h2,8-15,22H,1,3-7,16H2. The first-order chi connectivity index (χ1) is 12.2. The van der Waals surface area contributed by atoms with E-state index in [-0.39, 0.29) is 5.75 Å². The molecule has 0 spiro atoms. The second kappa shape index (κ2) is 10.2. The van der Waals surface area contributed by atoms with E-state index < -0.39 is 5.97 Å². The number of allylic oxidation sites excluding steroid dienone is 1. The Morgan fingerprint density at radius 2 is 1.56 bits per heavy atom. The first kappa shape index (κ1) is 18.6. The van der Waals surface area contributed by atoms with Crippen molar-refractivity contribution in [1.29, 1.82) is 0 Å². The van der Waals surface area contributed by atoms with Crippen molar-refractivity contribution in [2.75, 3.05) is 6.61 Å². The van der Waals surface area contributed by atoms with Crippen LogP contribution in [0, 0.1) is 0 Å². The Morgan fingerprint density at radius 1 is 0.920 bits per heavy atom. The summed E-state index contributed by atoms with van der Waals surface area (Å²) in [6.07, 6.45) is 7.55. The average molecular weight is 340 g/mol. The summed E-state index contributed by atoms with van der Waals surface area (Å²) in [5, 5.41) is 9.22. The third-order valence-corrected chi connectivity index (χ3v) is 3.71. The summed E-state index contributed by atoms with van der Waals surface area (Å²) in [5.41, 5.74) is 0.449. The Labute approximate surface area is 148 Å². The molecule has 0 radical (unpaired) electrons. The molecule has 132 valence electrons.